The highest BCUT2D eigenvalue weighted by atomic mass is 19.1. The summed E-state index contributed by atoms with van der Waals surface area (Å²) < 4.78 is 27.2. The second-order valence-electron chi connectivity index (χ2n) is 7.37. The van der Waals surface area contributed by atoms with Crippen LogP contribution in [0.1, 0.15) is 48.6 Å². The Balaban J connectivity index is 1.46. The van der Waals surface area contributed by atoms with Gasteiger partial charge in [-0.15, -0.1) is 0 Å². The summed E-state index contributed by atoms with van der Waals surface area (Å²) in [6.45, 7) is 0. The number of hydrogen-bond acceptors (Lipinski definition) is 1. The molecule has 1 aliphatic carbocycles. The van der Waals surface area contributed by atoms with E-state index >= 15 is 0 Å². The van der Waals surface area contributed by atoms with Crippen molar-refractivity contribution in [2.24, 2.45) is 0 Å². The summed E-state index contributed by atoms with van der Waals surface area (Å²) in [4.78, 5) is 0. The number of rotatable bonds is 3. The van der Waals surface area contributed by atoms with Crippen LogP contribution in [0, 0.1) is 11.6 Å². The van der Waals surface area contributed by atoms with Gasteiger partial charge in [-0.05, 0) is 71.9 Å². The largest absolute Gasteiger partial charge is 0.503 e. The molecule has 0 aliphatic heterocycles. The van der Waals surface area contributed by atoms with Crippen LogP contribution < -0.4 is 0 Å². The smallest absolute Gasteiger partial charge is 0.187 e. The van der Waals surface area contributed by atoms with Gasteiger partial charge in [0, 0.05) is 0 Å². The highest BCUT2D eigenvalue weighted by Crippen LogP contribution is 2.40. The Morgan fingerprint density at radius 2 is 1.11 bits per heavy atom. The molecule has 1 nitrogen and oxygen atoms in total. The van der Waals surface area contributed by atoms with Gasteiger partial charge < -0.3 is 5.11 Å². The number of phenolic OH excluding ortho intramolecular Hbond substituents is 1. The van der Waals surface area contributed by atoms with E-state index in [2.05, 4.69) is 42.5 Å². The number of aromatic hydroxyl groups is 1. The van der Waals surface area contributed by atoms with Crippen LogP contribution in [-0.2, 0) is 0 Å². The van der Waals surface area contributed by atoms with Crippen LogP contribution in [0.15, 0.2) is 66.7 Å². The lowest BCUT2D eigenvalue weighted by atomic mass is 9.76. The highest BCUT2D eigenvalue weighted by Gasteiger charge is 2.23. The first kappa shape index (κ1) is 17.7. The lowest BCUT2D eigenvalue weighted by Crippen LogP contribution is -2.12. The van der Waals surface area contributed by atoms with Crippen LogP contribution in [0.4, 0.5) is 8.78 Å². The molecule has 1 fully saturated rings. The SMILES string of the molecule is Oc1c(F)cc(-c2ccc(C3CCC(c4ccccc4)CC3)cc2)cc1F. The Hall–Kier alpha value is -2.68. The van der Waals surface area contributed by atoms with Crippen molar-refractivity contribution in [1.29, 1.82) is 0 Å². The van der Waals surface area contributed by atoms with Gasteiger partial charge in [-0.3, -0.25) is 0 Å². The van der Waals surface area contributed by atoms with Gasteiger partial charge in [0.2, 0.25) is 0 Å². The maximum atomic E-state index is 13.6. The Morgan fingerprint density at radius 1 is 0.630 bits per heavy atom. The molecule has 0 heterocycles. The molecule has 3 aromatic carbocycles. The van der Waals surface area contributed by atoms with Crippen LogP contribution in [-0.4, -0.2) is 5.11 Å². The molecule has 0 spiro atoms. The van der Waals surface area contributed by atoms with Crippen molar-refractivity contribution in [2.45, 2.75) is 37.5 Å². The van der Waals surface area contributed by atoms with Gasteiger partial charge in [0.05, 0.1) is 0 Å². The molecule has 1 N–H and O–H groups in total. The normalized spacial score (nSPS) is 19.8. The predicted octanol–water partition coefficient (Wildman–Crippen LogP) is 6.78. The molecule has 0 unspecified atom stereocenters. The van der Waals surface area contributed by atoms with Gasteiger partial charge in [-0.2, -0.15) is 0 Å². The van der Waals surface area contributed by atoms with Crippen molar-refractivity contribution in [3.8, 4) is 16.9 Å². The molecule has 3 aromatic rings. The minimum absolute atomic E-state index is 0.433. The third-order valence-corrected chi connectivity index (χ3v) is 5.73. The van der Waals surface area contributed by atoms with Gasteiger partial charge in [0.15, 0.2) is 17.4 Å². The number of halogens is 2. The molecular formula is C24H22F2O. The van der Waals surface area contributed by atoms with Crippen molar-refractivity contribution in [3.05, 3.63) is 89.5 Å². The zero-order chi connectivity index (χ0) is 18.8. The molecule has 0 radical (unpaired) electrons. The average Bonchev–Trinajstić information content (AvgIpc) is 2.72. The van der Waals surface area contributed by atoms with Gasteiger partial charge in [0.1, 0.15) is 0 Å². The summed E-state index contributed by atoms with van der Waals surface area (Å²) in [5, 5.41) is 9.25. The van der Waals surface area contributed by atoms with E-state index in [9.17, 15) is 13.9 Å². The maximum Gasteiger partial charge on any atom is 0.187 e. The Morgan fingerprint density at radius 3 is 1.63 bits per heavy atom. The van der Waals surface area contributed by atoms with Crippen molar-refractivity contribution in [2.75, 3.05) is 0 Å². The quantitative estimate of drug-likeness (QED) is 0.543. The van der Waals surface area contributed by atoms with Crippen molar-refractivity contribution >= 4 is 0 Å². The Labute approximate surface area is 158 Å². The Kier molecular flexibility index (Phi) is 4.93. The molecule has 3 heteroatoms. The predicted molar refractivity (Wildman–Crippen MR) is 104 cm³/mol. The number of hydrogen-bond donors (Lipinski definition) is 1. The molecule has 0 amide bonds. The summed E-state index contributed by atoms with van der Waals surface area (Å²) in [6.07, 6.45) is 4.68. The van der Waals surface area contributed by atoms with E-state index in [0.29, 0.717) is 17.4 Å². The Bertz CT molecular complexity index is 888. The van der Waals surface area contributed by atoms with Gasteiger partial charge in [-0.25, -0.2) is 8.78 Å². The third-order valence-electron chi connectivity index (χ3n) is 5.73. The van der Waals surface area contributed by atoms with Crippen molar-refractivity contribution in [3.63, 3.8) is 0 Å². The van der Waals surface area contributed by atoms with Crippen LogP contribution in [0.3, 0.4) is 0 Å². The average molecular weight is 364 g/mol. The highest BCUT2D eigenvalue weighted by molar-refractivity contribution is 5.65. The molecule has 0 aromatic heterocycles. The first-order valence-corrected chi connectivity index (χ1v) is 9.45. The minimum atomic E-state index is -0.937. The van der Waals surface area contributed by atoms with E-state index in [-0.39, 0.29) is 0 Å². The molecule has 0 saturated heterocycles. The topological polar surface area (TPSA) is 20.2 Å². The fourth-order valence-electron chi connectivity index (χ4n) is 4.17. The zero-order valence-electron chi connectivity index (χ0n) is 15.0. The van der Waals surface area contributed by atoms with Gasteiger partial charge in [0.25, 0.3) is 0 Å². The lowest BCUT2D eigenvalue weighted by Gasteiger charge is -2.29. The summed E-state index contributed by atoms with van der Waals surface area (Å²) in [5.74, 6) is -1.62. The molecule has 138 valence electrons. The monoisotopic (exact) mass is 364 g/mol. The summed E-state index contributed by atoms with van der Waals surface area (Å²) in [5.41, 5.74) is 3.89. The van der Waals surface area contributed by atoms with Crippen molar-refractivity contribution < 1.29 is 13.9 Å². The number of benzene rings is 3. The van der Waals surface area contributed by atoms with E-state index in [1.807, 2.05) is 12.1 Å². The minimum Gasteiger partial charge on any atom is -0.503 e. The van der Waals surface area contributed by atoms with E-state index in [1.54, 1.807) is 0 Å². The van der Waals surface area contributed by atoms with Gasteiger partial charge >= 0.3 is 0 Å². The van der Waals surface area contributed by atoms with Crippen LogP contribution in [0.5, 0.6) is 5.75 Å². The number of phenols is 1. The summed E-state index contributed by atoms with van der Waals surface area (Å²) in [6, 6.07) is 21.0. The fraction of sp³-hybridized carbons (Fsp3) is 0.250. The van der Waals surface area contributed by atoms with E-state index < -0.39 is 17.4 Å². The molecule has 1 aliphatic rings. The van der Waals surface area contributed by atoms with Crippen molar-refractivity contribution in [1.82, 2.24) is 0 Å². The van der Waals surface area contributed by atoms with E-state index in [1.165, 1.54) is 36.1 Å². The summed E-state index contributed by atoms with van der Waals surface area (Å²) >= 11 is 0. The van der Waals surface area contributed by atoms with E-state index in [0.717, 1.165) is 18.4 Å². The molecule has 27 heavy (non-hydrogen) atoms. The lowest BCUT2D eigenvalue weighted by molar-refractivity contribution is 0.396. The zero-order valence-corrected chi connectivity index (χ0v) is 15.0. The summed E-state index contributed by atoms with van der Waals surface area (Å²) in [7, 11) is 0. The van der Waals surface area contributed by atoms with Crippen LogP contribution in [0.25, 0.3) is 11.1 Å². The second kappa shape index (κ2) is 7.51. The van der Waals surface area contributed by atoms with E-state index in [4.69, 9.17) is 0 Å². The second-order valence-corrected chi connectivity index (χ2v) is 7.37. The molecule has 4 rings (SSSR count). The molecule has 0 atom stereocenters. The van der Waals surface area contributed by atoms with Gasteiger partial charge in [-0.1, -0.05) is 54.6 Å². The standard InChI is InChI=1S/C24H22F2O/c25-22-14-21(15-23(26)24(22)27)20-12-10-19(11-13-20)18-8-6-17(7-9-18)16-4-2-1-3-5-16/h1-5,10-15,17-18,27H,6-9H2. The maximum absolute atomic E-state index is 13.6. The first-order valence-electron chi connectivity index (χ1n) is 9.45. The molecule has 1 saturated carbocycles. The fourth-order valence-corrected chi connectivity index (χ4v) is 4.17. The van der Waals surface area contributed by atoms with Crippen LogP contribution >= 0.6 is 0 Å². The first-order chi connectivity index (χ1) is 13.1. The third kappa shape index (κ3) is 3.73. The van der Waals surface area contributed by atoms with Crippen LogP contribution in [0.2, 0.25) is 0 Å². The molecular weight excluding hydrogens is 342 g/mol. The molecule has 0 bridgehead atoms.